The summed E-state index contributed by atoms with van der Waals surface area (Å²) in [5.41, 5.74) is -4.27. The van der Waals surface area contributed by atoms with Crippen LogP contribution in [0.25, 0.3) is 11.7 Å². The van der Waals surface area contributed by atoms with Gasteiger partial charge in [-0.2, -0.15) is 13.2 Å². The number of hydrogen-bond acceptors (Lipinski definition) is 7. The zero-order valence-corrected chi connectivity index (χ0v) is 13.1. The minimum Gasteiger partial charge on any atom is -0.459 e. The summed E-state index contributed by atoms with van der Waals surface area (Å²) >= 11 is -0.261. The lowest BCUT2D eigenvalue weighted by atomic mass is 10.2. The van der Waals surface area contributed by atoms with Crippen molar-refractivity contribution in [3.8, 4) is 11.7 Å². The molecule has 0 N–H and O–H groups in total. The summed E-state index contributed by atoms with van der Waals surface area (Å²) < 4.78 is 52.1. The molecule has 0 aliphatic heterocycles. The molecule has 0 fully saturated rings. The Morgan fingerprint density at radius 2 is 1.92 bits per heavy atom. The van der Waals surface area contributed by atoms with Gasteiger partial charge in [0.05, 0.1) is 11.8 Å². The van der Waals surface area contributed by atoms with E-state index in [9.17, 15) is 18.0 Å². The second kappa shape index (κ2) is 7.01. The molecule has 0 saturated heterocycles. The molecule has 0 radical (unpaired) electrons. The molecule has 0 unspecified atom stereocenters. The molecule has 0 spiro atoms. The monoisotopic (exact) mass is 370 g/mol. The van der Waals surface area contributed by atoms with E-state index in [2.05, 4.69) is 10.2 Å². The van der Waals surface area contributed by atoms with Crippen LogP contribution >= 0.6 is 11.8 Å². The van der Waals surface area contributed by atoms with Gasteiger partial charge in [-0.1, -0.05) is 0 Å². The maximum Gasteiger partial charge on any atom is 0.446 e. The van der Waals surface area contributed by atoms with Gasteiger partial charge in [-0.3, -0.25) is 0 Å². The number of carbonyl (C=O) groups is 1. The normalized spacial score (nSPS) is 11.5. The van der Waals surface area contributed by atoms with Gasteiger partial charge in [-0.05, 0) is 48.2 Å². The van der Waals surface area contributed by atoms with E-state index in [1.807, 2.05) is 0 Å². The summed E-state index contributed by atoms with van der Waals surface area (Å²) in [4.78, 5) is 11.9. The summed E-state index contributed by atoms with van der Waals surface area (Å²) in [6.07, 6.45) is 1.44. The summed E-state index contributed by atoms with van der Waals surface area (Å²) in [5.74, 6) is -0.141. The minimum atomic E-state index is -4.38. The van der Waals surface area contributed by atoms with E-state index in [4.69, 9.17) is 13.6 Å². The highest BCUT2D eigenvalue weighted by molar-refractivity contribution is 8.00. The summed E-state index contributed by atoms with van der Waals surface area (Å²) in [6.45, 7) is -0.272. The van der Waals surface area contributed by atoms with Crippen LogP contribution in [0.2, 0.25) is 0 Å². The van der Waals surface area contributed by atoms with Gasteiger partial charge >= 0.3 is 11.5 Å². The molecule has 3 rings (SSSR count). The van der Waals surface area contributed by atoms with Crippen LogP contribution < -0.4 is 0 Å². The molecular formula is C15H9F3N2O4S. The lowest BCUT2D eigenvalue weighted by molar-refractivity contribution is -0.0328. The standard InChI is InChI=1S/C15H9F3N2O4S/c16-15(17,18)25-10-5-3-9(4-6-10)14(21)23-8-12-19-20-13(24-12)11-2-1-7-22-11/h1-7H,8H2. The van der Waals surface area contributed by atoms with Crippen molar-refractivity contribution in [3.05, 3.63) is 54.1 Å². The van der Waals surface area contributed by atoms with Crippen LogP contribution in [0, 0.1) is 0 Å². The van der Waals surface area contributed by atoms with Crippen LogP contribution in [0.4, 0.5) is 13.2 Å². The number of aromatic nitrogens is 2. The highest BCUT2D eigenvalue weighted by Crippen LogP contribution is 2.36. The number of alkyl halides is 3. The van der Waals surface area contributed by atoms with Gasteiger partial charge in [-0.15, -0.1) is 10.2 Å². The number of furan rings is 1. The van der Waals surface area contributed by atoms with Crippen LogP contribution in [0.15, 0.2) is 56.4 Å². The number of ether oxygens (including phenoxy) is 1. The summed E-state index contributed by atoms with van der Waals surface area (Å²) in [6, 6.07) is 8.16. The van der Waals surface area contributed by atoms with E-state index in [0.29, 0.717) is 5.76 Å². The Hall–Kier alpha value is -2.75. The van der Waals surface area contributed by atoms with Gasteiger partial charge in [-0.25, -0.2) is 4.79 Å². The molecule has 1 aromatic carbocycles. The number of nitrogens with zero attached hydrogens (tertiary/aromatic N) is 2. The van der Waals surface area contributed by atoms with Gasteiger partial charge in [0.1, 0.15) is 0 Å². The number of hydrogen-bond donors (Lipinski definition) is 0. The molecule has 0 aliphatic carbocycles. The van der Waals surface area contributed by atoms with Crippen molar-refractivity contribution in [2.75, 3.05) is 0 Å². The lowest BCUT2D eigenvalue weighted by Gasteiger charge is -2.06. The fourth-order valence-electron chi connectivity index (χ4n) is 1.82. The van der Waals surface area contributed by atoms with Crippen LogP contribution in [-0.4, -0.2) is 21.7 Å². The summed E-state index contributed by atoms with van der Waals surface area (Å²) in [7, 11) is 0. The Kier molecular flexibility index (Phi) is 4.79. The van der Waals surface area contributed by atoms with Crippen LogP contribution in [-0.2, 0) is 11.3 Å². The third kappa shape index (κ3) is 4.63. The topological polar surface area (TPSA) is 78.4 Å². The number of carbonyl (C=O) groups excluding carboxylic acids is 1. The highest BCUT2D eigenvalue weighted by atomic mass is 32.2. The first kappa shape index (κ1) is 17.1. The third-order valence-electron chi connectivity index (χ3n) is 2.85. The van der Waals surface area contributed by atoms with Crippen LogP contribution in [0.5, 0.6) is 0 Å². The zero-order valence-electron chi connectivity index (χ0n) is 12.3. The molecule has 0 bridgehead atoms. The van der Waals surface area contributed by atoms with Crippen molar-refractivity contribution < 1.29 is 31.5 Å². The largest absolute Gasteiger partial charge is 0.459 e. The fraction of sp³-hybridized carbons (Fsp3) is 0.133. The first-order valence-electron chi connectivity index (χ1n) is 6.80. The average Bonchev–Trinajstić information content (AvgIpc) is 3.23. The molecule has 25 heavy (non-hydrogen) atoms. The van der Waals surface area contributed by atoms with E-state index in [1.165, 1.54) is 30.5 Å². The smallest absolute Gasteiger partial charge is 0.446 e. The number of benzene rings is 1. The Morgan fingerprint density at radius 3 is 2.56 bits per heavy atom. The Labute approximate surface area is 143 Å². The van der Waals surface area contributed by atoms with Crippen molar-refractivity contribution in [2.24, 2.45) is 0 Å². The van der Waals surface area contributed by atoms with E-state index >= 15 is 0 Å². The minimum absolute atomic E-state index is 0.0240. The fourth-order valence-corrected chi connectivity index (χ4v) is 2.35. The third-order valence-corrected chi connectivity index (χ3v) is 3.59. The van der Waals surface area contributed by atoms with Crippen LogP contribution in [0.3, 0.4) is 0 Å². The molecule has 6 nitrogen and oxygen atoms in total. The molecule has 0 saturated carbocycles. The van der Waals surface area contributed by atoms with Crippen molar-refractivity contribution >= 4 is 17.7 Å². The van der Waals surface area contributed by atoms with Crippen molar-refractivity contribution in [1.29, 1.82) is 0 Å². The second-order valence-electron chi connectivity index (χ2n) is 4.63. The molecule has 2 aromatic heterocycles. The molecular weight excluding hydrogens is 361 g/mol. The van der Waals surface area contributed by atoms with E-state index in [0.717, 1.165) is 0 Å². The number of thioether (sulfide) groups is 1. The van der Waals surface area contributed by atoms with E-state index in [1.54, 1.807) is 12.1 Å². The van der Waals surface area contributed by atoms with E-state index in [-0.39, 0.29) is 40.6 Å². The molecule has 2 heterocycles. The van der Waals surface area contributed by atoms with Crippen molar-refractivity contribution in [3.63, 3.8) is 0 Å². The Balaban J connectivity index is 1.57. The number of esters is 1. The molecule has 130 valence electrons. The molecule has 3 aromatic rings. The van der Waals surface area contributed by atoms with E-state index < -0.39 is 11.5 Å². The SMILES string of the molecule is O=C(OCc1nnc(-c2ccco2)o1)c1ccc(SC(F)(F)F)cc1. The number of halogens is 3. The molecule has 0 amide bonds. The predicted octanol–water partition coefficient (Wildman–Crippen LogP) is 4.30. The molecule has 0 aliphatic rings. The maximum atomic E-state index is 12.3. The van der Waals surface area contributed by atoms with Gasteiger partial charge in [0.15, 0.2) is 12.4 Å². The van der Waals surface area contributed by atoms with Gasteiger partial charge in [0.2, 0.25) is 0 Å². The Bertz CT molecular complexity index is 845. The molecule has 10 heteroatoms. The second-order valence-corrected chi connectivity index (χ2v) is 5.77. The Morgan fingerprint density at radius 1 is 1.16 bits per heavy atom. The van der Waals surface area contributed by atoms with Crippen molar-refractivity contribution in [2.45, 2.75) is 17.0 Å². The lowest BCUT2D eigenvalue weighted by Crippen LogP contribution is -2.05. The number of rotatable bonds is 5. The first-order valence-corrected chi connectivity index (χ1v) is 7.61. The van der Waals surface area contributed by atoms with Crippen LogP contribution in [0.1, 0.15) is 16.2 Å². The van der Waals surface area contributed by atoms with Gasteiger partial charge < -0.3 is 13.6 Å². The molecule has 0 atom stereocenters. The zero-order chi connectivity index (χ0) is 17.9. The van der Waals surface area contributed by atoms with Crippen molar-refractivity contribution in [1.82, 2.24) is 10.2 Å². The average molecular weight is 370 g/mol. The van der Waals surface area contributed by atoms with Gasteiger partial charge in [0.25, 0.3) is 11.8 Å². The quantitative estimate of drug-likeness (QED) is 0.489. The predicted molar refractivity (Wildman–Crippen MR) is 79.5 cm³/mol. The summed E-state index contributed by atoms with van der Waals surface area (Å²) in [5, 5.41) is 7.45. The maximum absolute atomic E-state index is 12.3. The van der Waals surface area contributed by atoms with Gasteiger partial charge in [0, 0.05) is 4.90 Å². The first-order chi connectivity index (χ1) is 11.9. The highest BCUT2D eigenvalue weighted by Gasteiger charge is 2.29.